The van der Waals surface area contributed by atoms with Crippen molar-refractivity contribution in [2.45, 2.75) is 95.5 Å². The van der Waals surface area contributed by atoms with Gasteiger partial charge in [0.05, 0.1) is 13.2 Å². The Hall–Kier alpha value is -0.460. The van der Waals surface area contributed by atoms with Crippen molar-refractivity contribution in [3.63, 3.8) is 0 Å². The van der Waals surface area contributed by atoms with Crippen LogP contribution in [-0.4, -0.2) is 59.6 Å². The van der Waals surface area contributed by atoms with E-state index in [4.69, 9.17) is 9.47 Å². The van der Waals surface area contributed by atoms with Gasteiger partial charge in [-0.3, -0.25) is 0 Å². The van der Waals surface area contributed by atoms with Crippen LogP contribution in [0.3, 0.4) is 0 Å². The maximum atomic E-state index is 9.79. The number of hydrogen-bond donors (Lipinski definition) is 3. The van der Waals surface area contributed by atoms with Gasteiger partial charge in [-0.05, 0) is 26.2 Å². The Morgan fingerprint density at radius 3 is 2.12 bits per heavy atom. The van der Waals surface area contributed by atoms with E-state index in [-0.39, 0.29) is 13.2 Å². The fourth-order valence-corrected chi connectivity index (χ4v) is 3.08. The summed E-state index contributed by atoms with van der Waals surface area (Å²) < 4.78 is 10.8. The Morgan fingerprint density at radius 1 is 0.880 bits per heavy atom. The summed E-state index contributed by atoms with van der Waals surface area (Å²) in [6, 6.07) is 0. The second kappa shape index (κ2) is 14.7. The molecule has 0 unspecified atom stereocenters. The van der Waals surface area contributed by atoms with Gasteiger partial charge in [0, 0.05) is 6.61 Å². The molecule has 0 saturated carbocycles. The zero-order valence-corrected chi connectivity index (χ0v) is 15.8. The number of ether oxygens (including phenoxy) is 2. The minimum Gasteiger partial charge on any atom is -0.388 e. The Morgan fingerprint density at radius 2 is 1.48 bits per heavy atom. The highest BCUT2D eigenvalue weighted by Crippen LogP contribution is 2.16. The van der Waals surface area contributed by atoms with Crippen molar-refractivity contribution in [1.29, 1.82) is 0 Å². The SMILES string of the molecule is C/C=C/CCCCCCCCCCCOC[C@@H]1OC[C@@H](O)[C@H](O)[C@H]1O. The Labute approximate surface area is 153 Å². The predicted octanol–water partition coefficient (Wildman–Crippen LogP) is 2.96. The fraction of sp³-hybridized carbons (Fsp3) is 0.900. The molecule has 1 fully saturated rings. The zero-order chi connectivity index (χ0) is 18.3. The third-order valence-corrected chi connectivity index (χ3v) is 4.78. The second-order valence-electron chi connectivity index (χ2n) is 7.03. The largest absolute Gasteiger partial charge is 0.388 e. The van der Waals surface area contributed by atoms with Crippen molar-refractivity contribution >= 4 is 0 Å². The molecule has 1 aliphatic heterocycles. The van der Waals surface area contributed by atoms with E-state index in [1.165, 1.54) is 51.4 Å². The maximum Gasteiger partial charge on any atom is 0.111 e. The van der Waals surface area contributed by atoms with Crippen molar-refractivity contribution in [3.05, 3.63) is 12.2 Å². The highest BCUT2D eigenvalue weighted by molar-refractivity contribution is 4.86. The molecule has 1 rings (SSSR count). The first kappa shape index (κ1) is 22.6. The molecule has 5 nitrogen and oxygen atoms in total. The van der Waals surface area contributed by atoms with Crippen LogP contribution in [0.4, 0.5) is 0 Å². The quantitative estimate of drug-likeness (QED) is 0.329. The van der Waals surface area contributed by atoms with Crippen LogP contribution in [-0.2, 0) is 9.47 Å². The average Bonchev–Trinajstić information content (AvgIpc) is 2.61. The van der Waals surface area contributed by atoms with Gasteiger partial charge < -0.3 is 24.8 Å². The summed E-state index contributed by atoms with van der Waals surface area (Å²) in [7, 11) is 0. The molecular formula is C20H38O5. The molecule has 5 heteroatoms. The van der Waals surface area contributed by atoms with Gasteiger partial charge in [0.1, 0.15) is 24.4 Å². The van der Waals surface area contributed by atoms with Crippen molar-refractivity contribution in [2.24, 2.45) is 0 Å². The van der Waals surface area contributed by atoms with E-state index in [2.05, 4.69) is 19.1 Å². The molecule has 1 aliphatic rings. The molecule has 0 aromatic rings. The molecule has 0 aliphatic carbocycles. The summed E-state index contributed by atoms with van der Waals surface area (Å²) in [4.78, 5) is 0. The number of allylic oxidation sites excluding steroid dienone is 2. The van der Waals surface area contributed by atoms with Crippen molar-refractivity contribution in [1.82, 2.24) is 0 Å². The topological polar surface area (TPSA) is 79.2 Å². The van der Waals surface area contributed by atoms with Gasteiger partial charge in [0.25, 0.3) is 0 Å². The summed E-state index contributed by atoms with van der Waals surface area (Å²) >= 11 is 0. The van der Waals surface area contributed by atoms with Crippen LogP contribution in [0.15, 0.2) is 12.2 Å². The normalized spacial score (nSPS) is 27.2. The van der Waals surface area contributed by atoms with Crippen LogP contribution in [0.5, 0.6) is 0 Å². The van der Waals surface area contributed by atoms with Crippen molar-refractivity contribution in [3.8, 4) is 0 Å². The number of aliphatic hydroxyl groups excluding tert-OH is 3. The van der Waals surface area contributed by atoms with E-state index >= 15 is 0 Å². The van der Waals surface area contributed by atoms with Crippen molar-refractivity contribution < 1.29 is 24.8 Å². The molecule has 0 spiro atoms. The number of hydrogen-bond acceptors (Lipinski definition) is 5. The van der Waals surface area contributed by atoms with Crippen molar-refractivity contribution in [2.75, 3.05) is 19.8 Å². The lowest BCUT2D eigenvalue weighted by molar-refractivity contribution is -0.199. The standard InChI is InChI=1S/C20H38O5/c1-2-3-4-5-6-7-8-9-10-11-12-13-14-24-16-18-20(23)19(22)17(21)15-25-18/h2-3,17-23H,4-16H2,1H3/b3-2+/t17-,18+,19+,20+/m1/s1. The van der Waals surface area contributed by atoms with Gasteiger partial charge in [-0.2, -0.15) is 0 Å². The van der Waals surface area contributed by atoms with E-state index in [0.29, 0.717) is 6.61 Å². The molecule has 0 amide bonds. The van der Waals surface area contributed by atoms with Crippen LogP contribution in [0.25, 0.3) is 0 Å². The lowest BCUT2D eigenvalue weighted by Crippen LogP contribution is -2.54. The minimum absolute atomic E-state index is 0.0432. The summed E-state index contributed by atoms with van der Waals surface area (Å²) in [6.45, 7) is 3.03. The van der Waals surface area contributed by atoms with Crippen LogP contribution in [0, 0.1) is 0 Å². The molecule has 3 N–H and O–H groups in total. The van der Waals surface area contributed by atoms with Crippen LogP contribution in [0.1, 0.15) is 71.1 Å². The molecule has 1 saturated heterocycles. The third kappa shape index (κ3) is 10.3. The molecule has 0 bridgehead atoms. The van der Waals surface area contributed by atoms with Crippen LogP contribution < -0.4 is 0 Å². The molecule has 25 heavy (non-hydrogen) atoms. The van der Waals surface area contributed by atoms with Gasteiger partial charge in [0.15, 0.2) is 0 Å². The van der Waals surface area contributed by atoms with Crippen LogP contribution in [0.2, 0.25) is 0 Å². The summed E-state index contributed by atoms with van der Waals surface area (Å²) in [5, 5.41) is 28.8. The molecule has 0 aromatic heterocycles. The minimum atomic E-state index is -1.15. The third-order valence-electron chi connectivity index (χ3n) is 4.78. The fourth-order valence-electron chi connectivity index (χ4n) is 3.08. The van der Waals surface area contributed by atoms with E-state index in [1.54, 1.807) is 0 Å². The number of unbranched alkanes of at least 4 members (excludes halogenated alkanes) is 9. The van der Waals surface area contributed by atoms with E-state index in [1.807, 2.05) is 0 Å². The van der Waals surface area contributed by atoms with Gasteiger partial charge in [-0.25, -0.2) is 0 Å². The molecule has 4 atom stereocenters. The monoisotopic (exact) mass is 358 g/mol. The Kier molecular flexibility index (Phi) is 13.3. The van der Waals surface area contributed by atoms with E-state index in [9.17, 15) is 15.3 Å². The van der Waals surface area contributed by atoms with Gasteiger partial charge in [-0.1, -0.05) is 57.1 Å². The smallest absolute Gasteiger partial charge is 0.111 e. The molecule has 148 valence electrons. The Bertz CT molecular complexity index is 334. The predicted molar refractivity (Wildman–Crippen MR) is 99.6 cm³/mol. The summed E-state index contributed by atoms with van der Waals surface area (Å²) in [5.74, 6) is 0. The second-order valence-corrected chi connectivity index (χ2v) is 7.03. The van der Waals surface area contributed by atoms with E-state index in [0.717, 1.165) is 12.8 Å². The highest BCUT2D eigenvalue weighted by Gasteiger charge is 2.37. The first-order valence-electron chi connectivity index (χ1n) is 10.0. The summed E-state index contributed by atoms with van der Waals surface area (Å²) in [5.41, 5.74) is 0. The maximum absolute atomic E-state index is 9.79. The lowest BCUT2D eigenvalue weighted by Gasteiger charge is -2.35. The lowest BCUT2D eigenvalue weighted by atomic mass is 10.0. The van der Waals surface area contributed by atoms with Gasteiger partial charge >= 0.3 is 0 Å². The van der Waals surface area contributed by atoms with Gasteiger partial charge in [-0.15, -0.1) is 0 Å². The molecule has 0 aromatic carbocycles. The highest BCUT2D eigenvalue weighted by atomic mass is 16.6. The molecule has 0 radical (unpaired) electrons. The molecular weight excluding hydrogens is 320 g/mol. The first-order chi connectivity index (χ1) is 12.2. The van der Waals surface area contributed by atoms with Gasteiger partial charge in [0.2, 0.25) is 0 Å². The first-order valence-corrected chi connectivity index (χ1v) is 10.0. The average molecular weight is 359 g/mol. The Balaban J connectivity index is 1.83. The zero-order valence-electron chi connectivity index (χ0n) is 15.8. The molecule has 1 heterocycles. The number of rotatable bonds is 14. The van der Waals surface area contributed by atoms with E-state index < -0.39 is 24.4 Å². The van der Waals surface area contributed by atoms with Crippen LogP contribution >= 0.6 is 0 Å². The summed E-state index contributed by atoms with van der Waals surface area (Å²) in [6.07, 6.45) is 13.2. The number of aliphatic hydroxyl groups is 3.